The molecular weight excluding hydrogens is 238 g/mol. The molecule has 0 bridgehead atoms. The summed E-state index contributed by atoms with van der Waals surface area (Å²) in [6.45, 7) is 3.03. The summed E-state index contributed by atoms with van der Waals surface area (Å²) >= 11 is 0. The Morgan fingerprint density at radius 3 is 2.84 bits per heavy atom. The van der Waals surface area contributed by atoms with E-state index in [-0.39, 0.29) is 0 Å². The van der Waals surface area contributed by atoms with E-state index in [1.165, 1.54) is 44.2 Å². The number of hydrogen-bond acceptors (Lipinski definition) is 3. The van der Waals surface area contributed by atoms with E-state index in [2.05, 4.69) is 16.6 Å². The van der Waals surface area contributed by atoms with E-state index in [4.69, 9.17) is 4.74 Å². The van der Waals surface area contributed by atoms with Crippen LogP contribution in [0.15, 0.2) is 12.4 Å². The molecule has 1 N–H and O–H groups in total. The van der Waals surface area contributed by atoms with Crippen LogP contribution in [0.4, 0.5) is 0 Å². The molecule has 2 fully saturated rings. The third-order valence-corrected chi connectivity index (χ3v) is 4.60. The van der Waals surface area contributed by atoms with Crippen molar-refractivity contribution in [1.29, 1.82) is 0 Å². The van der Waals surface area contributed by atoms with Crippen molar-refractivity contribution in [2.24, 2.45) is 12.5 Å². The van der Waals surface area contributed by atoms with Crippen LogP contribution >= 0.6 is 0 Å². The predicted molar refractivity (Wildman–Crippen MR) is 75.0 cm³/mol. The largest absolute Gasteiger partial charge is 0.381 e. The Kier molecular flexibility index (Phi) is 3.89. The van der Waals surface area contributed by atoms with Crippen molar-refractivity contribution in [3.8, 4) is 0 Å². The highest BCUT2D eigenvalue weighted by molar-refractivity contribution is 5.05. The summed E-state index contributed by atoms with van der Waals surface area (Å²) in [5.41, 5.74) is 1.80. The van der Waals surface area contributed by atoms with Gasteiger partial charge in [-0.2, -0.15) is 5.10 Å². The average Bonchev–Trinajstić information content (AvgIpc) is 3.17. The lowest BCUT2D eigenvalue weighted by atomic mass is 9.75. The van der Waals surface area contributed by atoms with Crippen LogP contribution in [-0.4, -0.2) is 35.6 Å². The van der Waals surface area contributed by atoms with Gasteiger partial charge in [0.2, 0.25) is 0 Å². The normalized spacial score (nSPS) is 22.6. The number of nitrogens with zero attached hydrogens (tertiary/aromatic N) is 2. The average molecular weight is 263 g/mol. The Bertz CT molecular complexity index is 405. The molecule has 1 saturated carbocycles. The van der Waals surface area contributed by atoms with Crippen LogP contribution in [0.1, 0.15) is 37.7 Å². The third kappa shape index (κ3) is 3.57. The van der Waals surface area contributed by atoms with Gasteiger partial charge in [-0.15, -0.1) is 0 Å². The smallest absolute Gasteiger partial charge is 0.0521 e. The molecule has 0 radical (unpaired) electrons. The summed E-state index contributed by atoms with van der Waals surface area (Å²) < 4.78 is 7.46. The van der Waals surface area contributed by atoms with E-state index >= 15 is 0 Å². The van der Waals surface area contributed by atoms with Crippen LogP contribution in [0, 0.1) is 5.41 Å². The molecule has 106 valence electrons. The molecule has 0 aromatic carbocycles. The van der Waals surface area contributed by atoms with E-state index in [0.29, 0.717) is 5.41 Å². The summed E-state index contributed by atoms with van der Waals surface area (Å²) in [6, 6.07) is 0.804. The van der Waals surface area contributed by atoms with Gasteiger partial charge < -0.3 is 10.1 Å². The van der Waals surface area contributed by atoms with Gasteiger partial charge in [-0.25, -0.2) is 0 Å². The third-order valence-electron chi connectivity index (χ3n) is 4.60. The Morgan fingerprint density at radius 1 is 1.42 bits per heavy atom. The zero-order valence-electron chi connectivity index (χ0n) is 11.9. The fraction of sp³-hybridized carbons (Fsp3) is 0.800. The monoisotopic (exact) mass is 263 g/mol. The number of aryl methyl sites for hydroxylation is 2. The van der Waals surface area contributed by atoms with Crippen LogP contribution in [0.25, 0.3) is 0 Å². The Labute approximate surface area is 115 Å². The van der Waals surface area contributed by atoms with Crippen molar-refractivity contribution in [2.75, 3.05) is 19.8 Å². The molecule has 2 heterocycles. The number of rotatable bonds is 6. The van der Waals surface area contributed by atoms with E-state index in [9.17, 15) is 0 Å². The standard InChI is InChI=1S/C15H25N3O/c1-18-11-13(10-17-18)4-5-15(6-8-19-9-7-15)12-16-14-2-3-14/h10-11,14,16H,2-9,12H2,1H3. The first-order chi connectivity index (χ1) is 9.26. The number of nitrogens with one attached hydrogen (secondary N) is 1. The Morgan fingerprint density at radius 2 is 2.21 bits per heavy atom. The summed E-state index contributed by atoms with van der Waals surface area (Å²) in [4.78, 5) is 0. The van der Waals surface area contributed by atoms with Crippen molar-refractivity contribution >= 4 is 0 Å². The highest BCUT2D eigenvalue weighted by Gasteiger charge is 2.34. The van der Waals surface area contributed by atoms with Gasteiger partial charge in [0.15, 0.2) is 0 Å². The SMILES string of the molecule is Cn1cc(CCC2(CNC3CC3)CCOCC2)cn1. The van der Waals surface area contributed by atoms with Gasteiger partial charge in [0.1, 0.15) is 0 Å². The minimum atomic E-state index is 0.441. The minimum absolute atomic E-state index is 0.441. The van der Waals surface area contributed by atoms with Crippen LogP contribution < -0.4 is 5.32 Å². The number of aromatic nitrogens is 2. The molecular formula is C15H25N3O. The zero-order chi connectivity index (χ0) is 13.1. The predicted octanol–water partition coefficient (Wildman–Crippen LogP) is 1.90. The highest BCUT2D eigenvalue weighted by atomic mass is 16.5. The summed E-state index contributed by atoms with van der Waals surface area (Å²) in [5.74, 6) is 0. The molecule has 1 aliphatic carbocycles. The first-order valence-electron chi connectivity index (χ1n) is 7.54. The van der Waals surface area contributed by atoms with E-state index in [1.807, 2.05) is 17.9 Å². The lowest BCUT2D eigenvalue weighted by Crippen LogP contribution is -2.40. The van der Waals surface area contributed by atoms with Gasteiger partial charge in [0, 0.05) is 39.0 Å². The Balaban J connectivity index is 1.57. The molecule has 2 aliphatic rings. The molecule has 1 aromatic rings. The summed E-state index contributed by atoms with van der Waals surface area (Å²) in [5, 5.41) is 8.00. The second-order valence-electron chi connectivity index (χ2n) is 6.29. The van der Waals surface area contributed by atoms with Crippen molar-refractivity contribution < 1.29 is 4.74 Å². The van der Waals surface area contributed by atoms with E-state index < -0.39 is 0 Å². The lowest BCUT2D eigenvalue weighted by molar-refractivity contribution is 0.0104. The summed E-state index contributed by atoms with van der Waals surface area (Å²) in [6.07, 6.45) is 11.7. The topological polar surface area (TPSA) is 39.1 Å². The maximum absolute atomic E-state index is 5.56. The molecule has 3 rings (SSSR count). The van der Waals surface area contributed by atoms with Crippen molar-refractivity contribution in [3.05, 3.63) is 18.0 Å². The number of ether oxygens (including phenoxy) is 1. The van der Waals surface area contributed by atoms with Crippen LogP contribution in [0.5, 0.6) is 0 Å². The van der Waals surface area contributed by atoms with Crippen LogP contribution in [-0.2, 0) is 18.2 Å². The first kappa shape index (κ1) is 13.1. The number of hydrogen-bond donors (Lipinski definition) is 1. The highest BCUT2D eigenvalue weighted by Crippen LogP contribution is 2.35. The molecule has 0 amide bonds. The minimum Gasteiger partial charge on any atom is -0.381 e. The molecule has 0 atom stereocenters. The molecule has 19 heavy (non-hydrogen) atoms. The molecule has 1 aliphatic heterocycles. The summed E-state index contributed by atoms with van der Waals surface area (Å²) in [7, 11) is 1.99. The fourth-order valence-electron chi connectivity index (χ4n) is 2.98. The molecule has 0 unspecified atom stereocenters. The quantitative estimate of drug-likeness (QED) is 0.852. The Hall–Kier alpha value is -0.870. The molecule has 0 spiro atoms. The van der Waals surface area contributed by atoms with Crippen molar-refractivity contribution in [3.63, 3.8) is 0 Å². The maximum atomic E-state index is 5.56. The van der Waals surface area contributed by atoms with Crippen molar-refractivity contribution in [1.82, 2.24) is 15.1 Å². The van der Waals surface area contributed by atoms with Gasteiger partial charge in [0.05, 0.1) is 6.20 Å². The van der Waals surface area contributed by atoms with Gasteiger partial charge >= 0.3 is 0 Å². The maximum Gasteiger partial charge on any atom is 0.0521 e. The van der Waals surface area contributed by atoms with Gasteiger partial charge in [0.25, 0.3) is 0 Å². The fourth-order valence-corrected chi connectivity index (χ4v) is 2.98. The van der Waals surface area contributed by atoms with Crippen molar-refractivity contribution in [2.45, 2.75) is 44.6 Å². The van der Waals surface area contributed by atoms with Crippen LogP contribution in [0.3, 0.4) is 0 Å². The second-order valence-corrected chi connectivity index (χ2v) is 6.29. The van der Waals surface area contributed by atoms with Crippen LogP contribution in [0.2, 0.25) is 0 Å². The van der Waals surface area contributed by atoms with Gasteiger partial charge in [-0.3, -0.25) is 4.68 Å². The lowest BCUT2D eigenvalue weighted by Gasteiger charge is -2.37. The van der Waals surface area contributed by atoms with E-state index in [1.54, 1.807) is 0 Å². The molecule has 4 heteroatoms. The zero-order valence-corrected chi connectivity index (χ0v) is 11.9. The van der Waals surface area contributed by atoms with Gasteiger partial charge in [-0.05, 0) is 49.5 Å². The molecule has 1 saturated heterocycles. The second kappa shape index (κ2) is 5.63. The van der Waals surface area contributed by atoms with E-state index in [0.717, 1.165) is 25.7 Å². The molecule has 4 nitrogen and oxygen atoms in total. The van der Waals surface area contributed by atoms with Gasteiger partial charge in [-0.1, -0.05) is 0 Å². The molecule has 1 aromatic heterocycles. The first-order valence-corrected chi connectivity index (χ1v) is 7.54.